The largest absolute Gasteiger partial charge is 0.370 e. The summed E-state index contributed by atoms with van der Waals surface area (Å²) in [7, 11) is 0. The number of rotatable bonds is 0. The summed E-state index contributed by atoms with van der Waals surface area (Å²) in [6.45, 7) is 3.68. The zero-order valence-electron chi connectivity index (χ0n) is 5.52. The van der Waals surface area contributed by atoms with Crippen LogP contribution in [-0.2, 0) is 0 Å². The molecular weight excluding hydrogens is 114 g/mol. The summed E-state index contributed by atoms with van der Waals surface area (Å²) < 4.78 is 0. The minimum atomic E-state index is 0.170. The molecule has 0 aromatic carbocycles. The average Bonchev–Trinajstić information content (AvgIpc) is 2.14. The van der Waals surface area contributed by atoms with Gasteiger partial charge in [-0.2, -0.15) is 0 Å². The summed E-state index contributed by atoms with van der Waals surface area (Å²) in [5.74, 6) is 0.170. The average molecular weight is 125 g/mol. The zero-order chi connectivity index (χ0) is 6.85. The minimum Gasteiger partial charge on any atom is -0.370 e. The predicted octanol–water partition coefficient (Wildman–Crippen LogP) is 0.142. The van der Waals surface area contributed by atoms with Gasteiger partial charge in [0.05, 0.1) is 0 Å². The highest BCUT2D eigenvalue weighted by Gasteiger charge is 2.10. The first-order chi connectivity index (χ1) is 4.20. The lowest BCUT2D eigenvalue weighted by atomic mass is 10.3. The first-order valence-electron chi connectivity index (χ1n) is 2.95. The van der Waals surface area contributed by atoms with E-state index < -0.39 is 0 Å². The summed E-state index contributed by atoms with van der Waals surface area (Å²) in [6.07, 6.45) is 2.08. The third-order valence-electron chi connectivity index (χ3n) is 1.44. The van der Waals surface area contributed by atoms with Gasteiger partial charge in [0.2, 0.25) is 0 Å². The number of hydrogen-bond acceptors (Lipinski definition) is 1. The second-order valence-corrected chi connectivity index (χ2v) is 2.32. The Labute approximate surface area is 54.7 Å². The fraction of sp³-hybridized carbons (Fsp3) is 0.500. The quantitative estimate of drug-likeness (QED) is 0.275. The number of hydrogen-bond donors (Lipinski definition) is 2. The van der Waals surface area contributed by atoms with E-state index in [1.165, 1.54) is 5.57 Å². The fourth-order valence-electron chi connectivity index (χ4n) is 0.880. The summed E-state index contributed by atoms with van der Waals surface area (Å²) in [4.78, 5) is 1.81. The predicted molar refractivity (Wildman–Crippen MR) is 37.2 cm³/mol. The first kappa shape index (κ1) is 6.13. The van der Waals surface area contributed by atoms with Gasteiger partial charge in [-0.3, -0.25) is 5.41 Å². The van der Waals surface area contributed by atoms with E-state index in [9.17, 15) is 0 Å². The van der Waals surface area contributed by atoms with Crippen LogP contribution in [0, 0.1) is 5.41 Å². The summed E-state index contributed by atoms with van der Waals surface area (Å²) in [5, 5.41) is 7.05. The molecule has 1 aliphatic heterocycles. The number of nitrogens with two attached hydrogens (primary N) is 1. The Hall–Kier alpha value is -0.990. The molecule has 0 aliphatic carbocycles. The van der Waals surface area contributed by atoms with Gasteiger partial charge in [-0.05, 0) is 6.92 Å². The van der Waals surface area contributed by atoms with Crippen molar-refractivity contribution in [1.82, 2.24) is 4.90 Å². The van der Waals surface area contributed by atoms with E-state index in [-0.39, 0.29) is 5.96 Å². The Morgan fingerprint density at radius 2 is 2.56 bits per heavy atom. The molecule has 3 heteroatoms. The molecule has 0 aromatic rings. The van der Waals surface area contributed by atoms with Gasteiger partial charge in [-0.1, -0.05) is 11.6 Å². The Balaban J connectivity index is 2.47. The molecule has 0 amide bonds. The molecule has 0 saturated heterocycles. The smallest absolute Gasteiger partial charge is 0.188 e. The number of nitrogens with zero attached hydrogens (tertiary/aromatic N) is 1. The van der Waals surface area contributed by atoms with Gasteiger partial charge in [0, 0.05) is 13.1 Å². The lowest BCUT2D eigenvalue weighted by Gasteiger charge is -2.14. The maximum atomic E-state index is 7.05. The maximum Gasteiger partial charge on any atom is 0.188 e. The molecule has 1 rings (SSSR count). The molecule has 1 heterocycles. The molecule has 0 aromatic heterocycles. The molecule has 0 bridgehead atoms. The van der Waals surface area contributed by atoms with Crippen LogP contribution in [0.25, 0.3) is 0 Å². The summed E-state index contributed by atoms with van der Waals surface area (Å²) in [6, 6.07) is 0. The second kappa shape index (κ2) is 2.09. The van der Waals surface area contributed by atoms with Crippen LogP contribution < -0.4 is 5.73 Å². The first-order valence-corrected chi connectivity index (χ1v) is 2.95. The van der Waals surface area contributed by atoms with Crippen LogP contribution in [0.15, 0.2) is 11.6 Å². The molecule has 0 unspecified atom stereocenters. The Kier molecular flexibility index (Phi) is 1.42. The van der Waals surface area contributed by atoms with Crippen molar-refractivity contribution in [3.63, 3.8) is 0 Å². The van der Waals surface area contributed by atoms with Crippen molar-refractivity contribution in [3.05, 3.63) is 11.6 Å². The van der Waals surface area contributed by atoms with Crippen molar-refractivity contribution in [2.75, 3.05) is 13.1 Å². The van der Waals surface area contributed by atoms with Gasteiger partial charge < -0.3 is 10.6 Å². The van der Waals surface area contributed by atoms with E-state index in [4.69, 9.17) is 11.1 Å². The van der Waals surface area contributed by atoms with Crippen LogP contribution in [0.5, 0.6) is 0 Å². The van der Waals surface area contributed by atoms with Crippen molar-refractivity contribution in [1.29, 1.82) is 5.41 Å². The SMILES string of the molecule is CC1=CCN(C(=N)N)C1. The molecule has 50 valence electrons. The van der Waals surface area contributed by atoms with Crippen molar-refractivity contribution in [2.45, 2.75) is 6.92 Å². The van der Waals surface area contributed by atoms with E-state index in [1.54, 1.807) is 0 Å². The summed E-state index contributed by atoms with van der Waals surface area (Å²) in [5.41, 5.74) is 6.53. The Morgan fingerprint density at radius 1 is 1.89 bits per heavy atom. The van der Waals surface area contributed by atoms with Crippen LogP contribution in [0.1, 0.15) is 6.92 Å². The van der Waals surface area contributed by atoms with Gasteiger partial charge in [-0.15, -0.1) is 0 Å². The topological polar surface area (TPSA) is 53.1 Å². The van der Waals surface area contributed by atoms with Crippen molar-refractivity contribution >= 4 is 5.96 Å². The fourth-order valence-corrected chi connectivity index (χ4v) is 0.880. The molecular formula is C6H11N3. The van der Waals surface area contributed by atoms with Crippen LogP contribution in [-0.4, -0.2) is 23.9 Å². The summed E-state index contributed by atoms with van der Waals surface area (Å²) >= 11 is 0. The van der Waals surface area contributed by atoms with Gasteiger partial charge >= 0.3 is 0 Å². The Bertz CT molecular complexity index is 160. The molecule has 3 nitrogen and oxygen atoms in total. The molecule has 0 radical (unpaired) electrons. The highest BCUT2D eigenvalue weighted by molar-refractivity contribution is 5.75. The van der Waals surface area contributed by atoms with Crippen molar-refractivity contribution in [2.24, 2.45) is 5.73 Å². The lowest BCUT2D eigenvalue weighted by molar-refractivity contribution is 0.522. The minimum absolute atomic E-state index is 0.170. The van der Waals surface area contributed by atoms with Crippen LogP contribution in [0.2, 0.25) is 0 Å². The standard InChI is InChI=1S/C6H11N3/c1-5-2-3-9(4-5)6(7)8/h2H,3-4H2,1H3,(H3,7,8). The third kappa shape index (κ3) is 1.22. The number of guanidine groups is 1. The van der Waals surface area contributed by atoms with E-state index >= 15 is 0 Å². The molecule has 0 fully saturated rings. The lowest BCUT2D eigenvalue weighted by Crippen LogP contribution is -2.34. The van der Waals surface area contributed by atoms with Crippen molar-refractivity contribution < 1.29 is 0 Å². The van der Waals surface area contributed by atoms with E-state index in [0.29, 0.717) is 0 Å². The number of nitrogens with one attached hydrogen (secondary N) is 1. The van der Waals surface area contributed by atoms with E-state index in [2.05, 4.69) is 6.08 Å². The molecule has 0 spiro atoms. The second-order valence-electron chi connectivity index (χ2n) is 2.32. The maximum absolute atomic E-state index is 7.05. The van der Waals surface area contributed by atoms with E-state index in [1.807, 2.05) is 11.8 Å². The van der Waals surface area contributed by atoms with Gasteiger partial charge in [0.25, 0.3) is 0 Å². The highest BCUT2D eigenvalue weighted by atomic mass is 15.2. The van der Waals surface area contributed by atoms with Gasteiger partial charge in [0.1, 0.15) is 0 Å². The van der Waals surface area contributed by atoms with Gasteiger partial charge in [-0.25, -0.2) is 0 Å². The third-order valence-corrected chi connectivity index (χ3v) is 1.44. The Morgan fingerprint density at radius 3 is 2.78 bits per heavy atom. The molecule has 3 N–H and O–H groups in total. The zero-order valence-corrected chi connectivity index (χ0v) is 5.52. The van der Waals surface area contributed by atoms with Crippen LogP contribution in [0.4, 0.5) is 0 Å². The molecule has 0 atom stereocenters. The van der Waals surface area contributed by atoms with Gasteiger partial charge in [0.15, 0.2) is 5.96 Å². The highest BCUT2D eigenvalue weighted by Crippen LogP contribution is 2.05. The molecule has 0 saturated carbocycles. The molecule has 1 aliphatic rings. The molecule has 9 heavy (non-hydrogen) atoms. The van der Waals surface area contributed by atoms with Crippen molar-refractivity contribution in [3.8, 4) is 0 Å². The van der Waals surface area contributed by atoms with Crippen LogP contribution >= 0.6 is 0 Å². The monoisotopic (exact) mass is 125 g/mol. The van der Waals surface area contributed by atoms with E-state index in [0.717, 1.165) is 13.1 Å². The van der Waals surface area contributed by atoms with Crippen LogP contribution in [0.3, 0.4) is 0 Å². The normalized spacial score (nSPS) is 17.9.